The summed E-state index contributed by atoms with van der Waals surface area (Å²) in [6.45, 7) is 1.17. The molecule has 3 N–H and O–H groups in total. The number of ether oxygens (including phenoxy) is 2. The Morgan fingerprint density at radius 3 is 3.06 bits per heavy atom. The maximum absolute atomic E-state index is 5.54. The molecule has 0 radical (unpaired) electrons. The number of nitrogens with two attached hydrogens (primary N) is 1. The van der Waals surface area contributed by atoms with Gasteiger partial charge in [0.15, 0.2) is 5.65 Å². The maximum Gasteiger partial charge on any atom is 0.229 e. The van der Waals surface area contributed by atoms with Crippen molar-refractivity contribution >= 4 is 17.0 Å². The molecule has 0 aliphatic rings. The molecule has 0 aromatic carbocycles. The van der Waals surface area contributed by atoms with Crippen LogP contribution in [0.5, 0.6) is 5.88 Å². The van der Waals surface area contributed by atoms with Crippen LogP contribution in [-0.2, 0) is 4.74 Å². The standard InChI is InChI=1S/C9H13N5O2/c1-15-3-2-4-16-8-6-5-11-14-7(6)12-9(10)13-8/h5H,2-4H2,1H3,(H3,10,11,12,13,14). The van der Waals surface area contributed by atoms with Crippen LogP contribution in [0.1, 0.15) is 6.42 Å². The molecule has 0 amide bonds. The van der Waals surface area contributed by atoms with E-state index in [-0.39, 0.29) is 5.95 Å². The van der Waals surface area contributed by atoms with Crippen molar-refractivity contribution < 1.29 is 9.47 Å². The lowest BCUT2D eigenvalue weighted by Crippen LogP contribution is -2.05. The molecule has 0 aliphatic carbocycles. The number of aromatic amines is 1. The number of hydrogen-bond donors (Lipinski definition) is 2. The lowest BCUT2D eigenvalue weighted by Gasteiger charge is -2.05. The van der Waals surface area contributed by atoms with Gasteiger partial charge in [-0.2, -0.15) is 15.1 Å². The van der Waals surface area contributed by atoms with Gasteiger partial charge in [-0.15, -0.1) is 0 Å². The summed E-state index contributed by atoms with van der Waals surface area (Å²) in [6, 6.07) is 0. The molecular weight excluding hydrogens is 210 g/mol. The zero-order chi connectivity index (χ0) is 11.4. The highest BCUT2D eigenvalue weighted by Crippen LogP contribution is 2.20. The van der Waals surface area contributed by atoms with Gasteiger partial charge in [0.25, 0.3) is 0 Å². The van der Waals surface area contributed by atoms with E-state index in [0.29, 0.717) is 24.7 Å². The fraction of sp³-hybridized carbons (Fsp3) is 0.444. The van der Waals surface area contributed by atoms with Crippen LogP contribution < -0.4 is 10.5 Å². The van der Waals surface area contributed by atoms with Crippen LogP contribution in [0.4, 0.5) is 5.95 Å². The largest absolute Gasteiger partial charge is 0.477 e. The Morgan fingerprint density at radius 1 is 1.38 bits per heavy atom. The highest BCUT2D eigenvalue weighted by Gasteiger charge is 2.08. The Hall–Kier alpha value is -1.89. The molecule has 7 nitrogen and oxygen atoms in total. The van der Waals surface area contributed by atoms with Gasteiger partial charge in [-0.3, -0.25) is 5.10 Å². The van der Waals surface area contributed by atoms with Crippen LogP contribution in [0.3, 0.4) is 0 Å². The summed E-state index contributed by atoms with van der Waals surface area (Å²) in [5.74, 6) is 0.617. The van der Waals surface area contributed by atoms with Gasteiger partial charge in [-0.25, -0.2) is 0 Å². The summed E-state index contributed by atoms with van der Waals surface area (Å²) in [5.41, 5.74) is 6.12. The molecule has 0 bridgehead atoms. The molecule has 2 aromatic rings. The van der Waals surface area contributed by atoms with Crippen LogP contribution in [-0.4, -0.2) is 40.5 Å². The van der Waals surface area contributed by atoms with Gasteiger partial charge in [0, 0.05) is 20.1 Å². The van der Waals surface area contributed by atoms with Gasteiger partial charge < -0.3 is 15.2 Å². The molecule has 16 heavy (non-hydrogen) atoms. The number of anilines is 1. The van der Waals surface area contributed by atoms with Gasteiger partial charge in [0.2, 0.25) is 11.8 Å². The minimum atomic E-state index is 0.165. The van der Waals surface area contributed by atoms with Crippen LogP contribution in [0.2, 0.25) is 0 Å². The molecule has 2 aromatic heterocycles. The van der Waals surface area contributed by atoms with E-state index in [2.05, 4.69) is 20.2 Å². The van der Waals surface area contributed by atoms with E-state index in [4.69, 9.17) is 15.2 Å². The number of hydrogen-bond acceptors (Lipinski definition) is 6. The first-order chi connectivity index (χ1) is 7.81. The molecule has 2 rings (SSSR count). The van der Waals surface area contributed by atoms with E-state index in [1.165, 1.54) is 0 Å². The van der Waals surface area contributed by atoms with Gasteiger partial charge in [0.1, 0.15) is 5.39 Å². The summed E-state index contributed by atoms with van der Waals surface area (Å²) < 4.78 is 10.4. The van der Waals surface area contributed by atoms with Gasteiger partial charge in [-0.1, -0.05) is 0 Å². The highest BCUT2D eigenvalue weighted by atomic mass is 16.5. The minimum Gasteiger partial charge on any atom is -0.477 e. The number of nitrogens with one attached hydrogen (secondary N) is 1. The molecule has 7 heteroatoms. The first-order valence-electron chi connectivity index (χ1n) is 4.89. The highest BCUT2D eigenvalue weighted by molar-refractivity contribution is 5.80. The normalized spacial score (nSPS) is 10.8. The average molecular weight is 223 g/mol. The first-order valence-corrected chi connectivity index (χ1v) is 4.89. The summed E-state index contributed by atoms with van der Waals surface area (Å²) in [7, 11) is 1.65. The van der Waals surface area contributed by atoms with Crippen LogP contribution in [0.25, 0.3) is 11.0 Å². The Labute approximate surface area is 92.0 Å². The monoisotopic (exact) mass is 223 g/mol. The number of rotatable bonds is 5. The van der Waals surface area contributed by atoms with E-state index in [9.17, 15) is 0 Å². The van der Waals surface area contributed by atoms with Crippen LogP contribution >= 0.6 is 0 Å². The van der Waals surface area contributed by atoms with Crippen molar-refractivity contribution in [3.63, 3.8) is 0 Å². The van der Waals surface area contributed by atoms with E-state index in [0.717, 1.165) is 11.8 Å². The number of H-pyrrole nitrogens is 1. The maximum atomic E-state index is 5.54. The van der Waals surface area contributed by atoms with Crippen molar-refractivity contribution in [1.82, 2.24) is 20.2 Å². The van der Waals surface area contributed by atoms with Crippen molar-refractivity contribution in [2.45, 2.75) is 6.42 Å². The van der Waals surface area contributed by atoms with Crippen LogP contribution in [0, 0.1) is 0 Å². The smallest absolute Gasteiger partial charge is 0.229 e. The number of nitrogen functional groups attached to an aromatic ring is 1. The fourth-order valence-electron chi connectivity index (χ4n) is 1.31. The van der Waals surface area contributed by atoms with E-state index < -0.39 is 0 Å². The predicted octanol–water partition coefficient (Wildman–Crippen LogP) is 0.350. The number of fused-ring (bicyclic) bond motifs is 1. The topological polar surface area (TPSA) is 98.9 Å². The second kappa shape index (κ2) is 4.75. The Morgan fingerprint density at radius 2 is 2.25 bits per heavy atom. The first kappa shape index (κ1) is 10.6. The Bertz CT molecular complexity index is 470. The SMILES string of the molecule is COCCCOc1nc(N)nc2[nH]ncc12. The number of aromatic nitrogens is 4. The third-order valence-corrected chi connectivity index (χ3v) is 2.02. The summed E-state index contributed by atoms with van der Waals surface area (Å²) >= 11 is 0. The van der Waals surface area contributed by atoms with E-state index in [1.54, 1.807) is 13.3 Å². The zero-order valence-corrected chi connectivity index (χ0v) is 8.93. The molecule has 0 spiro atoms. The van der Waals surface area contributed by atoms with E-state index >= 15 is 0 Å². The molecular formula is C9H13N5O2. The molecule has 0 fully saturated rings. The minimum absolute atomic E-state index is 0.165. The summed E-state index contributed by atoms with van der Waals surface area (Å²) in [4.78, 5) is 8.00. The van der Waals surface area contributed by atoms with Gasteiger partial charge >= 0.3 is 0 Å². The van der Waals surface area contributed by atoms with Crippen molar-refractivity contribution in [1.29, 1.82) is 0 Å². The molecule has 0 saturated carbocycles. The third kappa shape index (κ3) is 2.19. The zero-order valence-electron chi connectivity index (χ0n) is 8.93. The molecule has 0 saturated heterocycles. The van der Waals surface area contributed by atoms with E-state index in [1.807, 2.05) is 0 Å². The van der Waals surface area contributed by atoms with Gasteiger partial charge in [0.05, 0.1) is 12.8 Å². The average Bonchev–Trinajstić information content (AvgIpc) is 2.72. The second-order valence-electron chi connectivity index (χ2n) is 3.21. The van der Waals surface area contributed by atoms with Crippen LogP contribution in [0.15, 0.2) is 6.20 Å². The predicted molar refractivity (Wildman–Crippen MR) is 58.1 cm³/mol. The van der Waals surface area contributed by atoms with Crippen molar-refractivity contribution in [2.24, 2.45) is 0 Å². The Balaban J connectivity index is 2.12. The quantitative estimate of drug-likeness (QED) is 0.709. The fourth-order valence-corrected chi connectivity index (χ4v) is 1.31. The molecule has 86 valence electrons. The lowest BCUT2D eigenvalue weighted by molar-refractivity contribution is 0.171. The molecule has 0 unspecified atom stereocenters. The summed E-state index contributed by atoms with van der Waals surface area (Å²) in [6.07, 6.45) is 2.40. The van der Waals surface area contributed by atoms with Crippen molar-refractivity contribution in [3.8, 4) is 5.88 Å². The summed E-state index contributed by atoms with van der Waals surface area (Å²) in [5, 5.41) is 7.30. The molecule has 2 heterocycles. The van der Waals surface area contributed by atoms with Crippen molar-refractivity contribution in [3.05, 3.63) is 6.20 Å². The molecule has 0 atom stereocenters. The third-order valence-electron chi connectivity index (χ3n) is 2.02. The number of methoxy groups -OCH3 is 1. The molecule has 0 aliphatic heterocycles. The Kier molecular flexibility index (Phi) is 3.16. The number of nitrogens with zero attached hydrogens (tertiary/aromatic N) is 3. The van der Waals surface area contributed by atoms with Gasteiger partial charge in [-0.05, 0) is 0 Å². The second-order valence-corrected chi connectivity index (χ2v) is 3.21. The van der Waals surface area contributed by atoms with Crippen molar-refractivity contribution in [2.75, 3.05) is 26.1 Å². The lowest BCUT2D eigenvalue weighted by atomic mass is 10.4.